The molecule has 0 spiro atoms. The van der Waals surface area contributed by atoms with Crippen LogP contribution in [-0.4, -0.2) is 0 Å². The van der Waals surface area contributed by atoms with Crippen LogP contribution >= 0.6 is 0 Å². The van der Waals surface area contributed by atoms with Gasteiger partial charge >= 0.3 is 0 Å². The maximum absolute atomic E-state index is 5.68. The predicted octanol–water partition coefficient (Wildman–Crippen LogP) is 2.18. The summed E-state index contributed by atoms with van der Waals surface area (Å²) < 4.78 is 0. The van der Waals surface area contributed by atoms with E-state index in [0.717, 1.165) is 35.4 Å². The third-order valence-corrected chi connectivity index (χ3v) is 2.46. The molecule has 0 bridgehead atoms. The zero-order chi connectivity index (χ0) is 11.4. The van der Waals surface area contributed by atoms with Gasteiger partial charge in [0.25, 0.3) is 0 Å². The molecule has 80 valence electrons. The van der Waals surface area contributed by atoms with E-state index in [1.807, 2.05) is 36.4 Å². The first-order valence-electron chi connectivity index (χ1n) is 5.27. The zero-order valence-electron chi connectivity index (χ0n) is 9.03. The van der Waals surface area contributed by atoms with Crippen LogP contribution in [0.25, 0.3) is 0 Å². The molecule has 1 aromatic rings. The van der Waals surface area contributed by atoms with Crippen molar-refractivity contribution in [3.05, 3.63) is 53.3 Å². The summed E-state index contributed by atoms with van der Waals surface area (Å²) in [5.41, 5.74) is 15.1. The highest BCUT2D eigenvalue weighted by atomic mass is 14.6. The molecule has 2 rings (SSSR count). The van der Waals surface area contributed by atoms with Crippen molar-refractivity contribution in [2.24, 2.45) is 5.73 Å². The third-order valence-electron chi connectivity index (χ3n) is 2.46. The van der Waals surface area contributed by atoms with Gasteiger partial charge in [0.05, 0.1) is 0 Å². The Bertz CT molecular complexity index is 496. The minimum absolute atomic E-state index is 0.762. The normalized spacial score (nSPS) is 14.5. The monoisotopic (exact) mass is 210 g/mol. The van der Waals surface area contributed by atoms with Crippen molar-refractivity contribution in [1.82, 2.24) is 0 Å². The second-order valence-electron chi connectivity index (χ2n) is 3.81. The van der Waals surface area contributed by atoms with Crippen LogP contribution in [0.3, 0.4) is 0 Å². The number of hydrogen-bond donors (Lipinski definition) is 2. The first-order valence-corrected chi connectivity index (χ1v) is 5.27. The lowest BCUT2D eigenvalue weighted by atomic mass is 10.0. The number of anilines is 1. The molecule has 16 heavy (non-hydrogen) atoms. The lowest BCUT2D eigenvalue weighted by Crippen LogP contribution is -2.00. The molecule has 0 radical (unpaired) electrons. The minimum atomic E-state index is 0.762. The van der Waals surface area contributed by atoms with E-state index in [4.69, 9.17) is 11.5 Å². The van der Waals surface area contributed by atoms with Gasteiger partial charge in [0.15, 0.2) is 0 Å². The highest BCUT2D eigenvalue weighted by molar-refractivity contribution is 5.47. The average Bonchev–Trinajstić information content (AvgIpc) is 2.30. The van der Waals surface area contributed by atoms with E-state index < -0.39 is 0 Å². The molecule has 1 aromatic carbocycles. The van der Waals surface area contributed by atoms with Gasteiger partial charge < -0.3 is 11.5 Å². The van der Waals surface area contributed by atoms with Crippen molar-refractivity contribution in [3.8, 4) is 11.8 Å². The molecule has 0 saturated heterocycles. The Morgan fingerprint density at radius 3 is 2.25 bits per heavy atom. The highest BCUT2D eigenvalue weighted by Gasteiger charge is 2.00. The van der Waals surface area contributed by atoms with Gasteiger partial charge in [-0.15, -0.1) is 0 Å². The molecule has 0 aromatic heterocycles. The summed E-state index contributed by atoms with van der Waals surface area (Å²) in [7, 11) is 0. The summed E-state index contributed by atoms with van der Waals surface area (Å²) >= 11 is 0. The minimum Gasteiger partial charge on any atom is -0.402 e. The van der Waals surface area contributed by atoms with Gasteiger partial charge in [-0.2, -0.15) is 0 Å². The third kappa shape index (κ3) is 2.68. The number of nitrogens with two attached hydrogens (primary N) is 2. The Labute approximate surface area is 95.6 Å². The van der Waals surface area contributed by atoms with Crippen LogP contribution in [-0.2, 0) is 0 Å². The van der Waals surface area contributed by atoms with Crippen molar-refractivity contribution in [2.45, 2.75) is 12.8 Å². The highest BCUT2D eigenvalue weighted by Crippen LogP contribution is 2.14. The summed E-state index contributed by atoms with van der Waals surface area (Å²) in [6.45, 7) is 0. The molecule has 1 aliphatic rings. The molecule has 0 fully saturated rings. The molecular weight excluding hydrogens is 196 g/mol. The molecule has 1 aliphatic carbocycles. The lowest BCUT2D eigenvalue weighted by Gasteiger charge is -2.05. The lowest BCUT2D eigenvalue weighted by molar-refractivity contribution is 0.919. The van der Waals surface area contributed by atoms with Crippen LogP contribution < -0.4 is 11.5 Å². The first-order chi connectivity index (χ1) is 7.74. The molecule has 0 atom stereocenters. The standard InChI is InChI=1S/C14H14N2/c15-13-7-3-11(4-8-13)1-2-12-5-9-14(16)10-6-12/h3-5,7-9H,6,10,15-16H2. The maximum Gasteiger partial charge on any atom is 0.0314 e. The summed E-state index contributed by atoms with van der Waals surface area (Å²) in [5.74, 6) is 6.26. The van der Waals surface area contributed by atoms with Gasteiger partial charge in [-0.25, -0.2) is 0 Å². The van der Waals surface area contributed by atoms with E-state index in [2.05, 4.69) is 11.8 Å². The fraction of sp³-hybridized carbons (Fsp3) is 0.143. The van der Waals surface area contributed by atoms with E-state index in [1.165, 1.54) is 0 Å². The predicted molar refractivity (Wildman–Crippen MR) is 67.3 cm³/mol. The van der Waals surface area contributed by atoms with Crippen molar-refractivity contribution in [1.29, 1.82) is 0 Å². The quantitative estimate of drug-likeness (QED) is 0.509. The van der Waals surface area contributed by atoms with Gasteiger partial charge in [0.2, 0.25) is 0 Å². The first kappa shape index (κ1) is 10.4. The SMILES string of the molecule is NC1=CC=C(C#Cc2ccc(N)cc2)CC1. The molecule has 4 N–H and O–H groups in total. The van der Waals surface area contributed by atoms with E-state index in [1.54, 1.807) is 0 Å². The van der Waals surface area contributed by atoms with Gasteiger partial charge in [-0.1, -0.05) is 11.8 Å². The fourth-order valence-corrected chi connectivity index (χ4v) is 1.48. The van der Waals surface area contributed by atoms with Gasteiger partial charge in [0.1, 0.15) is 0 Å². The largest absolute Gasteiger partial charge is 0.402 e. The van der Waals surface area contributed by atoms with E-state index >= 15 is 0 Å². The van der Waals surface area contributed by atoms with Crippen LogP contribution in [0.5, 0.6) is 0 Å². The Morgan fingerprint density at radius 2 is 1.62 bits per heavy atom. The molecule has 2 heteroatoms. The van der Waals surface area contributed by atoms with Gasteiger partial charge in [-0.05, 0) is 49.3 Å². The molecule has 0 saturated carbocycles. The van der Waals surface area contributed by atoms with Crippen LogP contribution in [0.2, 0.25) is 0 Å². The van der Waals surface area contributed by atoms with Crippen molar-refractivity contribution in [2.75, 3.05) is 5.73 Å². The zero-order valence-corrected chi connectivity index (χ0v) is 9.03. The van der Waals surface area contributed by atoms with Gasteiger partial charge in [0, 0.05) is 22.5 Å². The van der Waals surface area contributed by atoms with Crippen LogP contribution in [0.15, 0.2) is 47.7 Å². The van der Waals surface area contributed by atoms with E-state index in [0.29, 0.717) is 0 Å². The molecule has 0 aliphatic heterocycles. The van der Waals surface area contributed by atoms with Gasteiger partial charge in [-0.3, -0.25) is 0 Å². The Balaban J connectivity index is 2.13. The van der Waals surface area contributed by atoms with Crippen molar-refractivity contribution < 1.29 is 0 Å². The summed E-state index contributed by atoms with van der Waals surface area (Å²) in [5, 5.41) is 0. The smallest absolute Gasteiger partial charge is 0.0314 e. The maximum atomic E-state index is 5.68. The topological polar surface area (TPSA) is 52.0 Å². The summed E-state index contributed by atoms with van der Waals surface area (Å²) in [6.07, 6.45) is 5.76. The molecular formula is C14H14N2. The van der Waals surface area contributed by atoms with Crippen LogP contribution in [0, 0.1) is 11.8 Å². The number of nitrogen functional groups attached to an aromatic ring is 1. The Hall–Kier alpha value is -2.14. The fourth-order valence-electron chi connectivity index (χ4n) is 1.48. The van der Waals surface area contributed by atoms with Crippen molar-refractivity contribution in [3.63, 3.8) is 0 Å². The Kier molecular flexibility index (Phi) is 2.98. The van der Waals surface area contributed by atoms with Crippen LogP contribution in [0.4, 0.5) is 5.69 Å². The number of rotatable bonds is 0. The molecule has 0 heterocycles. The van der Waals surface area contributed by atoms with Crippen molar-refractivity contribution >= 4 is 5.69 Å². The second kappa shape index (κ2) is 4.59. The Morgan fingerprint density at radius 1 is 0.875 bits per heavy atom. The van der Waals surface area contributed by atoms with E-state index in [9.17, 15) is 0 Å². The molecule has 2 nitrogen and oxygen atoms in total. The average molecular weight is 210 g/mol. The summed E-state index contributed by atoms with van der Waals surface area (Å²) in [6, 6.07) is 7.57. The van der Waals surface area contributed by atoms with E-state index in [-0.39, 0.29) is 0 Å². The molecule has 0 amide bonds. The number of allylic oxidation sites excluding steroid dienone is 4. The number of benzene rings is 1. The number of hydrogen-bond acceptors (Lipinski definition) is 2. The van der Waals surface area contributed by atoms with Crippen LogP contribution in [0.1, 0.15) is 18.4 Å². The second-order valence-corrected chi connectivity index (χ2v) is 3.81. The molecule has 0 unspecified atom stereocenters. The summed E-state index contributed by atoms with van der Waals surface area (Å²) in [4.78, 5) is 0.